The van der Waals surface area contributed by atoms with Gasteiger partial charge in [-0.25, -0.2) is 0 Å². The van der Waals surface area contributed by atoms with Crippen LogP contribution in [0.2, 0.25) is 0 Å². The van der Waals surface area contributed by atoms with Crippen molar-refractivity contribution >= 4 is 11.4 Å². The molecule has 8 rings (SSSR count). The summed E-state index contributed by atoms with van der Waals surface area (Å²) < 4.78 is 0. The standard InChI is InChI=1S/C41H39N/c1-26(2)37-25-38-28(4)24-39(37)41-35(31-8-6-5-7-9-31)22-23-36(40(38)41)32-16-20-34(21-17-32)42-33-18-14-30(15-19-33)29-12-10-27(3)11-13-29/h5-24,26,37-39,42H,25H2,1-4H3. The van der Waals surface area contributed by atoms with Gasteiger partial charge in [-0.15, -0.1) is 0 Å². The highest BCUT2D eigenvalue weighted by Crippen LogP contribution is 2.58. The minimum Gasteiger partial charge on any atom is -0.356 e. The molecule has 1 heteroatoms. The van der Waals surface area contributed by atoms with E-state index in [4.69, 9.17) is 0 Å². The molecule has 42 heavy (non-hydrogen) atoms. The lowest BCUT2D eigenvalue weighted by Crippen LogP contribution is -2.32. The van der Waals surface area contributed by atoms with Gasteiger partial charge in [0.05, 0.1) is 0 Å². The van der Waals surface area contributed by atoms with Gasteiger partial charge in [-0.3, -0.25) is 0 Å². The monoisotopic (exact) mass is 545 g/mol. The molecule has 0 fully saturated rings. The second-order valence-electron chi connectivity index (χ2n) is 12.6. The highest BCUT2D eigenvalue weighted by atomic mass is 14.9. The van der Waals surface area contributed by atoms with Gasteiger partial charge in [-0.2, -0.15) is 0 Å². The van der Waals surface area contributed by atoms with Crippen LogP contribution >= 0.6 is 0 Å². The summed E-state index contributed by atoms with van der Waals surface area (Å²) in [6.45, 7) is 9.29. The lowest BCUT2D eigenvalue weighted by atomic mass is 9.58. The fraction of sp³-hybridized carbons (Fsp3) is 0.220. The van der Waals surface area contributed by atoms with Crippen molar-refractivity contribution in [1.82, 2.24) is 0 Å². The van der Waals surface area contributed by atoms with E-state index >= 15 is 0 Å². The van der Waals surface area contributed by atoms with Gasteiger partial charge < -0.3 is 5.32 Å². The molecule has 3 aliphatic rings. The van der Waals surface area contributed by atoms with Crippen molar-refractivity contribution in [2.75, 3.05) is 5.32 Å². The third-order valence-electron chi connectivity index (χ3n) is 9.63. The zero-order valence-corrected chi connectivity index (χ0v) is 25.1. The predicted molar refractivity (Wildman–Crippen MR) is 179 cm³/mol. The van der Waals surface area contributed by atoms with Crippen LogP contribution in [0.3, 0.4) is 0 Å². The Morgan fingerprint density at radius 2 is 1.10 bits per heavy atom. The Labute approximate surface area is 251 Å². The molecule has 5 aromatic carbocycles. The average molecular weight is 546 g/mol. The molecule has 208 valence electrons. The average Bonchev–Trinajstić information content (AvgIpc) is 3.02. The third kappa shape index (κ3) is 4.77. The van der Waals surface area contributed by atoms with Gasteiger partial charge in [0, 0.05) is 23.2 Å². The van der Waals surface area contributed by atoms with E-state index in [-0.39, 0.29) is 0 Å². The minimum absolute atomic E-state index is 0.476. The van der Waals surface area contributed by atoms with Gasteiger partial charge >= 0.3 is 0 Å². The number of anilines is 2. The first-order valence-corrected chi connectivity index (χ1v) is 15.4. The molecule has 3 atom stereocenters. The van der Waals surface area contributed by atoms with Crippen molar-refractivity contribution < 1.29 is 0 Å². The summed E-state index contributed by atoms with van der Waals surface area (Å²) in [6, 6.07) is 42.2. The first-order valence-electron chi connectivity index (χ1n) is 15.4. The van der Waals surface area contributed by atoms with Crippen molar-refractivity contribution in [1.29, 1.82) is 0 Å². The van der Waals surface area contributed by atoms with Crippen LogP contribution in [0.25, 0.3) is 33.4 Å². The minimum atomic E-state index is 0.476. The molecule has 5 aromatic rings. The van der Waals surface area contributed by atoms with Gasteiger partial charge in [-0.1, -0.05) is 122 Å². The van der Waals surface area contributed by atoms with E-state index in [9.17, 15) is 0 Å². The Kier molecular flexibility index (Phi) is 6.82. The third-order valence-corrected chi connectivity index (χ3v) is 9.63. The van der Waals surface area contributed by atoms with Crippen LogP contribution in [0.5, 0.6) is 0 Å². The Morgan fingerprint density at radius 3 is 1.69 bits per heavy atom. The van der Waals surface area contributed by atoms with Gasteiger partial charge in [0.15, 0.2) is 0 Å². The summed E-state index contributed by atoms with van der Waals surface area (Å²) in [6.07, 6.45) is 3.84. The van der Waals surface area contributed by atoms with Gasteiger partial charge in [-0.05, 0) is 101 Å². The Bertz CT molecular complexity index is 1740. The molecule has 2 bridgehead atoms. The Balaban J connectivity index is 1.21. The largest absolute Gasteiger partial charge is 0.356 e. The van der Waals surface area contributed by atoms with Gasteiger partial charge in [0.2, 0.25) is 0 Å². The first kappa shape index (κ1) is 26.5. The van der Waals surface area contributed by atoms with Crippen LogP contribution < -0.4 is 5.32 Å². The fourth-order valence-electron chi connectivity index (χ4n) is 7.34. The molecule has 0 amide bonds. The number of hydrogen-bond acceptors (Lipinski definition) is 1. The quantitative estimate of drug-likeness (QED) is 0.209. The highest BCUT2D eigenvalue weighted by molar-refractivity contribution is 5.82. The van der Waals surface area contributed by atoms with Crippen LogP contribution in [0.15, 0.2) is 127 Å². The summed E-state index contributed by atoms with van der Waals surface area (Å²) in [5.74, 6) is 2.32. The van der Waals surface area contributed by atoms with Crippen molar-refractivity contribution in [3.05, 3.63) is 144 Å². The molecular weight excluding hydrogens is 506 g/mol. The van der Waals surface area contributed by atoms with E-state index in [2.05, 4.69) is 154 Å². The molecule has 3 aliphatic carbocycles. The molecule has 0 saturated carbocycles. The van der Waals surface area contributed by atoms with Crippen molar-refractivity contribution in [3.63, 3.8) is 0 Å². The Hall–Kier alpha value is -4.36. The number of benzene rings is 5. The maximum absolute atomic E-state index is 3.61. The fourth-order valence-corrected chi connectivity index (χ4v) is 7.34. The van der Waals surface area contributed by atoms with E-state index in [0.29, 0.717) is 23.7 Å². The lowest BCUT2D eigenvalue weighted by molar-refractivity contribution is 0.281. The number of fused-ring (bicyclic) bond motifs is 1. The summed E-state index contributed by atoms with van der Waals surface area (Å²) in [4.78, 5) is 0. The Morgan fingerprint density at radius 1 is 0.571 bits per heavy atom. The molecule has 0 heterocycles. The summed E-state index contributed by atoms with van der Waals surface area (Å²) in [7, 11) is 0. The smallest absolute Gasteiger partial charge is 0.0384 e. The molecule has 0 saturated heterocycles. The van der Waals surface area contributed by atoms with E-state index in [1.165, 1.54) is 45.4 Å². The summed E-state index contributed by atoms with van der Waals surface area (Å²) in [5, 5.41) is 3.61. The molecule has 1 nitrogen and oxygen atoms in total. The molecule has 0 aliphatic heterocycles. The molecular formula is C41H39N. The van der Waals surface area contributed by atoms with E-state index in [0.717, 1.165) is 11.4 Å². The SMILES string of the molecule is CC1=CC2c3c(-c4ccccc4)ccc(-c4ccc(Nc5ccc(-c6ccc(C)cc6)cc5)cc4)c3C1CC2C(C)C. The topological polar surface area (TPSA) is 12.0 Å². The van der Waals surface area contributed by atoms with Crippen molar-refractivity contribution in [2.24, 2.45) is 11.8 Å². The molecule has 1 N–H and O–H groups in total. The van der Waals surface area contributed by atoms with Crippen molar-refractivity contribution in [3.8, 4) is 33.4 Å². The van der Waals surface area contributed by atoms with Crippen LogP contribution in [0, 0.1) is 18.8 Å². The van der Waals surface area contributed by atoms with Crippen LogP contribution in [0.1, 0.15) is 55.7 Å². The van der Waals surface area contributed by atoms with Crippen LogP contribution in [-0.4, -0.2) is 0 Å². The number of allylic oxidation sites excluding steroid dienone is 2. The number of rotatable bonds is 6. The molecule has 0 spiro atoms. The molecule has 3 unspecified atom stereocenters. The lowest BCUT2D eigenvalue weighted by Gasteiger charge is -2.46. The normalized spacial score (nSPS) is 19.0. The number of hydrogen-bond donors (Lipinski definition) is 1. The van der Waals surface area contributed by atoms with E-state index in [1.54, 1.807) is 16.7 Å². The molecule has 0 aromatic heterocycles. The van der Waals surface area contributed by atoms with Gasteiger partial charge in [0.25, 0.3) is 0 Å². The van der Waals surface area contributed by atoms with Gasteiger partial charge in [0.1, 0.15) is 0 Å². The van der Waals surface area contributed by atoms with E-state index < -0.39 is 0 Å². The zero-order chi connectivity index (χ0) is 28.8. The van der Waals surface area contributed by atoms with Crippen molar-refractivity contribution in [2.45, 2.75) is 46.0 Å². The van der Waals surface area contributed by atoms with Crippen LogP contribution in [0.4, 0.5) is 11.4 Å². The van der Waals surface area contributed by atoms with Crippen LogP contribution in [-0.2, 0) is 0 Å². The highest BCUT2D eigenvalue weighted by Gasteiger charge is 2.42. The second-order valence-corrected chi connectivity index (χ2v) is 12.6. The maximum Gasteiger partial charge on any atom is 0.0384 e. The second kappa shape index (κ2) is 10.8. The number of aryl methyl sites for hydroxylation is 1. The van der Waals surface area contributed by atoms with E-state index in [1.807, 2.05) is 0 Å². The number of nitrogens with one attached hydrogen (secondary N) is 1. The predicted octanol–water partition coefficient (Wildman–Crippen LogP) is 11.5. The zero-order valence-electron chi connectivity index (χ0n) is 25.1. The summed E-state index contributed by atoms with van der Waals surface area (Å²) >= 11 is 0. The maximum atomic E-state index is 3.61. The molecule has 0 radical (unpaired) electrons. The first-order chi connectivity index (χ1) is 20.5. The summed E-state index contributed by atoms with van der Waals surface area (Å²) in [5.41, 5.74) is 16.1.